The Morgan fingerprint density at radius 3 is 2.53 bits per heavy atom. The standard InChI is InChI=1S/C26H21ClO2.C6H7N/c1-29-21-4-2-3-18(13-21)26(28)19-6-5-16-8-12-23-22(24(16)14-19)11-9-17-7-10-20(27)15-25(17)23;1-2-4-6-7-5-3-1/h2-4,7-8,10-15,19H,5-6,9H2,1H3;1-7H. The molecule has 3 aliphatic rings. The molecule has 0 radical (unpaired) electrons. The highest BCUT2D eigenvalue weighted by Gasteiger charge is 2.23. The van der Waals surface area contributed by atoms with Gasteiger partial charge in [0, 0.05) is 28.9 Å². The lowest BCUT2D eigenvalue weighted by atomic mass is 9.82. The van der Waals surface area contributed by atoms with E-state index in [9.17, 15) is 4.79 Å². The molecule has 0 saturated heterocycles. The minimum Gasteiger partial charge on any atom is -0.497 e. The second-order valence-electron chi connectivity index (χ2n) is 8.99. The number of hydrogen-bond acceptors (Lipinski definition) is 3. The van der Waals surface area contributed by atoms with Gasteiger partial charge in [-0.15, -0.1) is 0 Å². The van der Waals surface area contributed by atoms with E-state index >= 15 is 0 Å². The van der Waals surface area contributed by atoms with Crippen molar-refractivity contribution in [1.29, 1.82) is 0 Å². The van der Waals surface area contributed by atoms with Gasteiger partial charge in [-0.1, -0.05) is 66.2 Å². The summed E-state index contributed by atoms with van der Waals surface area (Å²) in [6, 6.07) is 18.0. The van der Waals surface area contributed by atoms with Crippen molar-refractivity contribution in [3.8, 4) is 16.9 Å². The van der Waals surface area contributed by atoms with Crippen LogP contribution < -0.4 is 20.5 Å². The molecule has 2 aliphatic carbocycles. The van der Waals surface area contributed by atoms with Crippen LogP contribution in [0.4, 0.5) is 0 Å². The van der Waals surface area contributed by atoms with Crippen molar-refractivity contribution in [2.24, 2.45) is 5.92 Å². The smallest absolute Gasteiger partial charge is 0.169 e. The lowest BCUT2D eigenvalue weighted by Crippen LogP contribution is -2.37. The Balaban J connectivity index is 0.000000330. The number of ketones is 1. The van der Waals surface area contributed by atoms with Gasteiger partial charge in [-0.25, -0.2) is 0 Å². The summed E-state index contributed by atoms with van der Waals surface area (Å²) in [7, 11) is 1.62. The van der Waals surface area contributed by atoms with E-state index in [2.05, 4.69) is 41.7 Å². The minimum absolute atomic E-state index is 0.115. The minimum atomic E-state index is -0.115. The number of ether oxygens (including phenoxy) is 1. The number of methoxy groups -OCH3 is 1. The van der Waals surface area contributed by atoms with Gasteiger partial charge in [0.1, 0.15) is 5.75 Å². The number of Topliss-reactive ketones (excluding diaryl/α,β-unsaturated/α-hetero) is 1. The van der Waals surface area contributed by atoms with Crippen LogP contribution >= 0.6 is 11.6 Å². The summed E-state index contributed by atoms with van der Waals surface area (Å²) in [6.45, 7) is 0. The fourth-order valence-electron chi connectivity index (χ4n) is 4.94. The van der Waals surface area contributed by atoms with Crippen LogP contribution in [-0.4, -0.2) is 12.9 Å². The summed E-state index contributed by atoms with van der Waals surface area (Å²) in [5.74, 6) is 0.757. The van der Waals surface area contributed by atoms with Crippen LogP contribution in [0.2, 0.25) is 5.02 Å². The average Bonchev–Trinajstić information content (AvgIpc) is 3.26. The molecule has 3 nitrogen and oxygen atoms in total. The van der Waals surface area contributed by atoms with E-state index in [0.29, 0.717) is 11.3 Å². The SMILES string of the molecule is C1=CC=CNC=C1.COc1cccc(C(=O)C2C=c3c(ccc4c3=CCc3ccc(Cl)cc3-4)CC2)c1. The van der Waals surface area contributed by atoms with E-state index in [1.54, 1.807) is 7.11 Å². The lowest BCUT2D eigenvalue weighted by molar-refractivity contribution is 0.0946. The molecule has 1 unspecified atom stereocenters. The van der Waals surface area contributed by atoms with Gasteiger partial charge in [0.15, 0.2) is 5.78 Å². The third-order valence-corrected chi connectivity index (χ3v) is 7.00. The molecule has 0 aromatic heterocycles. The number of aryl methyl sites for hydroxylation is 1. The van der Waals surface area contributed by atoms with Crippen molar-refractivity contribution in [2.75, 3.05) is 7.11 Å². The summed E-state index contributed by atoms with van der Waals surface area (Å²) in [6.07, 6.45) is 18.7. The van der Waals surface area contributed by atoms with E-state index in [-0.39, 0.29) is 11.7 Å². The molecular weight excluding hydrogens is 466 g/mol. The number of hydrogen-bond donors (Lipinski definition) is 1. The monoisotopic (exact) mass is 493 g/mol. The van der Waals surface area contributed by atoms with Crippen LogP contribution in [0, 0.1) is 5.92 Å². The highest BCUT2D eigenvalue weighted by atomic mass is 35.5. The molecule has 36 heavy (non-hydrogen) atoms. The van der Waals surface area contributed by atoms with E-state index < -0.39 is 0 Å². The fraction of sp³-hybridized carbons (Fsp3) is 0.156. The lowest BCUT2D eigenvalue weighted by Gasteiger charge is -2.21. The molecule has 0 bridgehead atoms. The summed E-state index contributed by atoms with van der Waals surface area (Å²) in [5.41, 5.74) is 5.73. The second-order valence-corrected chi connectivity index (χ2v) is 9.42. The van der Waals surface area contributed by atoms with E-state index in [1.165, 1.54) is 32.7 Å². The van der Waals surface area contributed by atoms with Crippen molar-refractivity contribution in [3.63, 3.8) is 0 Å². The quantitative estimate of drug-likeness (QED) is 0.472. The third-order valence-electron chi connectivity index (χ3n) is 6.77. The molecule has 1 heterocycles. The third kappa shape index (κ3) is 5.07. The fourth-order valence-corrected chi connectivity index (χ4v) is 5.11. The van der Waals surface area contributed by atoms with Crippen LogP contribution in [0.15, 0.2) is 91.3 Å². The highest BCUT2D eigenvalue weighted by molar-refractivity contribution is 6.30. The maximum atomic E-state index is 13.2. The number of rotatable bonds is 3. The number of benzene rings is 3. The molecule has 1 atom stereocenters. The topological polar surface area (TPSA) is 38.3 Å². The number of allylic oxidation sites excluding steroid dienone is 4. The number of nitrogens with one attached hydrogen (secondary N) is 1. The molecule has 1 aliphatic heterocycles. The van der Waals surface area contributed by atoms with Crippen LogP contribution in [0.3, 0.4) is 0 Å². The Bertz CT molecular complexity index is 1500. The number of carbonyl (C=O) groups excluding carboxylic acids is 1. The van der Waals surface area contributed by atoms with Gasteiger partial charge in [-0.2, -0.15) is 0 Å². The van der Waals surface area contributed by atoms with Crippen LogP contribution in [0.1, 0.15) is 27.9 Å². The summed E-state index contributed by atoms with van der Waals surface area (Å²) in [4.78, 5) is 13.2. The summed E-state index contributed by atoms with van der Waals surface area (Å²) >= 11 is 6.27. The first-order chi connectivity index (χ1) is 17.6. The average molecular weight is 494 g/mol. The zero-order valence-electron chi connectivity index (χ0n) is 20.2. The molecule has 3 aromatic rings. The zero-order valence-corrected chi connectivity index (χ0v) is 21.0. The first-order valence-corrected chi connectivity index (χ1v) is 12.6. The molecule has 6 rings (SSSR count). The maximum absolute atomic E-state index is 13.2. The Hall–Kier alpha value is -3.82. The Kier molecular flexibility index (Phi) is 7.20. The van der Waals surface area contributed by atoms with Gasteiger partial charge >= 0.3 is 0 Å². The molecule has 0 spiro atoms. The predicted octanol–water partition coefficient (Wildman–Crippen LogP) is 5.75. The van der Waals surface area contributed by atoms with E-state index in [4.69, 9.17) is 16.3 Å². The van der Waals surface area contributed by atoms with Crippen LogP contribution in [-0.2, 0) is 12.8 Å². The number of halogens is 1. The largest absolute Gasteiger partial charge is 0.497 e. The second kappa shape index (κ2) is 10.8. The highest BCUT2D eigenvalue weighted by Crippen LogP contribution is 2.29. The number of carbonyl (C=O) groups is 1. The normalized spacial score (nSPS) is 16.4. The Labute approximate surface area is 216 Å². The van der Waals surface area contributed by atoms with Crippen LogP contribution in [0.25, 0.3) is 23.3 Å². The zero-order chi connectivity index (χ0) is 24.9. The molecule has 1 N–H and O–H groups in total. The van der Waals surface area contributed by atoms with Crippen molar-refractivity contribution in [1.82, 2.24) is 5.32 Å². The van der Waals surface area contributed by atoms with Gasteiger partial charge in [-0.3, -0.25) is 4.79 Å². The molecule has 4 heteroatoms. The summed E-state index contributed by atoms with van der Waals surface area (Å²) in [5, 5.41) is 6.12. The van der Waals surface area contributed by atoms with Crippen molar-refractivity contribution in [3.05, 3.63) is 123 Å². The van der Waals surface area contributed by atoms with Gasteiger partial charge in [0.25, 0.3) is 0 Å². The van der Waals surface area contributed by atoms with Gasteiger partial charge < -0.3 is 10.1 Å². The van der Waals surface area contributed by atoms with Gasteiger partial charge in [0.2, 0.25) is 0 Å². The van der Waals surface area contributed by atoms with E-state index in [1.807, 2.05) is 67.0 Å². The molecule has 0 fully saturated rings. The van der Waals surface area contributed by atoms with Crippen molar-refractivity contribution >= 4 is 29.5 Å². The molecule has 3 aromatic carbocycles. The molecule has 180 valence electrons. The first kappa shape index (κ1) is 23.9. The summed E-state index contributed by atoms with van der Waals surface area (Å²) < 4.78 is 5.29. The molecular formula is C32H28ClNO2. The maximum Gasteiger partial charge on any atom is 0.169 e. The van der Waals surface area contributed by atoms with Gasteiger partial charge in [-0.05, 0) is 88.4 Å². The Morgan fingerprint density at radius 1 is 0.917 bits per heavy atom. The molecule has 0 amide bonds. The predicted molar refractivity (Wildman–Crippen MR) is 148 cm³/mol. The Morgan fingerprint density at radius 2 is 1.72 bits per heavy atom. The van der Waals surface area contributed by atoms with Crippen molar-refractivity contribution < 1.29 is 9.53 Å². The number of fused-ring (bicyclic) bond motifs is 5. The van der Waals surface area contributed by atoms with Crippen molar-refractivity contribution in [2.45, 2.75) is 19.3 Å². The van der Waals surface area contributed by atoms with E-state index in [0.717, 1.165) is 24.3 Å². The molecule has 0 saturated carbocycles. The first-order valence-electron chi connectivity index (χ1n) is 12.2. The van der Waals surface area contributed by atoms with Crippen LogP contribution in [0.5, 0.6) is 5.75 Å². The van der Waals surface area contributed by atoms with Gasteiger partial charge in [0.05, 0.1) is 7.11 Å².